The summed E-state index contributed by atoms with van der Waals surface area (Å²) >= 11 is 1.56. The highest BCUT2D eigenvalue weighted by atomic mass is 32.2. The van der Waals surface area contributed by atoms with E-state index >= 15 is 0 Å². The minimum absolute atomic E-state index is 0.178. The lowest BCUT2D eigenvalue weighted by atomic mass is 10.3. The Hall–Kier alpha value is -0.430. The molecular weight excluding hydrogens is 280 g/mol. The normalized spacial score (nSPS) is 17.5. The molecule has 1 saturated carbocycles. The molecule has 0 atom stereocenters. The minimum atomic E-state index is -3.33. The molecule has 0 unspecified atom stereocenters. The molecule has 0 amide bonds. The molecule has 1 fully saturated rings. The van der Waals surface area contributed by atoms with Crippen LogP contribution in [0.25, 0.3) is 0 Å². The van der Waals surface area contributed by atoms with E-state index in [-0.39, 0.29) is 6.04 Å². The Bertz CT molecular complexity index is 531. The molecule has 1 aromatic rings. The number of hydrogen-bond donors (Lipinski definition) is 1. The van der Waals surface area contributed by atoms with Gasteiger partial charge < -0.3 is 5.32 Å². The van der Waals surface area contributed by atoms with Crippen LogP contribution in [-0.2, 0) is 16.6 Å². The van der Waals surface area contributed by atoms with E-state index in [1.807, 2.05) is 20.0 Å². The average Bonchev–Trinajstić information content (AvgIpc) is 2.98. The van der Waals surface area contributed by atoms with Crippen LogP contribution in [0.1, 0.15) is 35.4 Å². The molecule has 2 rings (SSSR count). The van der Waals surface area contributed by atoms with E-state index in [0.29, 0.717) is 11.4 Å². The maximum absolute atomic E-state index is 12.7. The molecule has 1 aromatic heterocycles. The third kappa shape index (κ3) is 3.02. The molecule has 4 nitrogen and oxygen atoms in total. The van der Waals surface area contributed by atoms with Gasteiger partial charge in [0.1, 0.15) is 0 Å². The Labute approximate surface area is 119 Å². The molecule has 0 aromatic carbocycles. The molecule has 1 heterocycles. The first kappa shape index (κ1) is 15.0. The van der Waals surface area contributed by atoms with Crippen LogP contribution in [-0.4, -0.2) is 32.9 Å². The summed E-state index contributed by atoms with van der Waals surface area (Å²) in [4.78, 5) is 2.44. The van der Waals surface area contributed by atoms with Gasteiger partial charge in [-0.3, -0.25) is 0 Å². The highest BCUT2D eigenvalue weighted by Gasteiger charge is 2.31. The van der Waals surface area contributed by atoms with Crippen LogP contribution < -0.4 is 5.32 Å². The van der Waals surface area contributed by atoms with Gasteiger partial charge in [-0.1, -0.05) is 12.8 Å². The van der Waals surface area contributed by atoms with Gasteiger partial charge in [-0.15, -0.1) is 11.3 Å². The zero-order valence-corrected chi connectivity index (χ0v) is 13.4. The van der Waals surface area contributed by atoms with E-state index < -0.39 is 10.0 Å². The quantitative estimate of drug-likeness (QED) is 0.908. The molecule has 0 saturated heterocycles. The lowest BCUT2D eigenvalue weighted by molar-refractivity contribution is 0.373. The van der Waals surface area contributed by atoms with Gasteiger partial charge in [0.25, 0.3) is 0 Å². The van der Waals surface area contributed by atoms with Crippen molar-refractivity contribution in [3.8, 4) is 0 Å². The van der Waals surface area contributed by atoms with Crippen LogP contribution >= 0.6 is 11.3 Å². The van der Waals surface area contributed by atoms with E-state index in [1.165, 1.54) is 0 Å². The van der Waals surface area contributed by atoms with Crippen molar-refractivity contribution in [2.75, 3.05) is 14.1 Å². The van der Waals surface area contributed by atoms with Crippen molar-refractivity contribution in [2.24, 2.45) is 0 Å². The third-order valence-corrected chi connectivity index (χ3v) is 6.99. The fourth-order valence-corrected chi connectivity index (χ4v) is 5.69. The zero-order chi connectivity index (χ0) is 14.0. The fourth-order valence-electron chi connectivity index (χ4n) is 2.66. The first-order valence-corrected chi connectivity index (χ1v) is 8.94. The van der Waals surface area contributed by atoms with Crippen LogP contribution in [0, 0.1) is 6.92 Å². The zero-order valence-electron chi connectivity index (χ0n) is 11.8. The largest absolute Gasteiger partial charge is 0.315 e. The van der Waals surface area contributed by atoms with Crippen molar-refractivity contribution >= 4 is 21.4 Å². The number of nitrogens with zero attached hydrogens (tertiary/aromatic N) is 1. The second kappa shape index (κ2) is 5.91. The maximum atomic E-state index is 12.7. The van der Waals surface area contributed by atoms with Crippen molar-refractivity contribution in [2.45, 2.75) is 50.1 Å². The Kier molecular flexibility index (Phi) is 4.66. The van der Waals surface area contributed by atoms with Crippen molar-refractivity contribution < 1.29 is 8.42 Å². The Balaban J connectivity index is 2.27. The molecule has 0 radical (unpaired) electrons. The monoisotopic (exact) mass is 302 g/mol. The van der Waals surface area contributed by atoms with Crippen LogP contribution in [0.2, 0.25) is 0 Å². The number of hydrogen-bond acceptors (Lipinski definition) is 4. The van der Waals surface area contributed by atoms with E-state index in [4.69, 9.17) is 0 Å². The second-order valence-corrected chi connectivity index (χ2v) is 8.43. The lowest BCUT2D eigenvalue weighted by Gasteiger charge is -2.23. The molecule has 1 aliphatic carbocycles. The summed E-state index contributed by atoms with van der Waals surface area (Å²) in [6.07, 6.45) is 4.25. The molecule has 1 aliphatic rings. The minimum Gasteiger partial charge on any atom is -0.315 e. The van der Waals surface area contributed by atoms with Gasteiger partial charge in [0.05, 0.1) is 4.90 Å². The standard InChI is InChI=1S/C13H22N2O2S2/c1-10-13(8-12(18-10)9-14-2)19(16,17)15(3)11-6-4-5-7-11/h8,11,14H,4-7,9H2,1-3H3. The number of thiophene rings is 1. The summed E-state index contributed by atoms with van der Waals surface area (Å²) in [5, 5.41) is 3.06. The van der Waals surface area contributed by atoms with E-state index in [2.05, 4.69) is 5.32 Å². The van der Waals surface area contributed by atoms with Crippen LogP contribution in [0.15, 0.2) is 11.0 Å². The van der Waals surface area contributed by atoms with Crippen LogP contribution in [0.3, 0.4) is 0 Å². The molecule has 1 N–H and O–H groups in total. The number of aryl methyl sites for hydroxylation is 1. The molecule has 108 valence electrons. The van der Waals surface area contributed by atoms with Gasteiger partial charge in [-0.2, -0.15) is 4.31 Å². The van der Waals surface area contributed by atoms with E-state index in [1.54, 1.807) is 22.7 Å². The SMILES string of the molecule is CNCc1cc(S(=O)(=O)N(C)C2CCCC2)c(C)s1. The summed E-state index contributed by atoms with van der Waals surface area (Å²) in [6.45, 7) is 2.60. The van der Waals surface area contributed by atoms with Gasteiger partial charge in [0.2, 0.25) is 10.0 Å². The molecule has 0 bridgehead atoms. The van der Waals surface area contributed by atoms with Crippen LogP contribution in [0.4, 0.5) is 0 Å². The summed E-state index contributed by atoms with van der Waals surface area (Å²) < 4.78 is 26.9. The van der Waals surface area contributed by atoms with Gasteiger partial charge in [0.15, 0.2) is 0 Å². The molecule has 0 spiro atoms. The van der Waals surface area contributed by atoms with Crippen molar-refractivity contribution in [1.82, 2.24) is 9.62 Å². The Morgan fingerprint density at radius 3 is 2.63 bits per heavy atom. The predicted octanol–water partition coefficient (Wildman–Crippen LogP) is 2.34. The summed E-state index contributed by atoms with van der Waals surface area (Å²) in [5.41, 5.74) is 0. The summed E-state index contributed by atoms with van der Waals surface area (Å²) in [6, 6.07) is 1.99. The first-order chi connectivity index (χ1) is 8.96. The highest BCUT2D eigenvalue weighted by Crippen LogP contribution is 2.31. The van der Waals surface area contributed by atoms with Crippen molar-refractivity contribution in [3.63, 3.8) is 0 Å². The Morgan fingerprint density at radius 2 is 2.05 bits per heavy atom. The Morgan fingerprint density at radius 1 is 1.42 bits per heavy atom. The highest BCUT2D eigenvalue weighted by molar-refractivity contribution is 7.89. The number of rotatable bonds is 5. The number of sulfonamides is 1. The molecule has 0 aliphatic heterocycles. The first-order valence-electron chi connectivity index (χ1n) is 6.68. The summed E-state index contributed by atoms with van der Waals surface area (Å²) in [7, 11) is 0.257. The third-order valence-electron chi connectivity index (χ3n) is 3.77. The maximum Gasteiger partial charge on any atom is 0.244 e. The number of nitrogens with one attached hydrogen (secondary N) is 1. The smallest absolute Gasteiger partial charge is 0.244 e. The second-order valence-electron chi connectivity index (χ2n) is 5.12. The average molecular weight is 302 g/mol. The lowest BCUT2D eigenvalue weighted by Crippen LogP contribution is -2.35. The van der Waals surface area contributed by atoms with Gasteiger partial charge >= 0.3 is 0 Å². The fraction of sp³-hybridized carbons (Fsp3) is 0.692. The molecule has 6 heteroatoms. The topological polar surface area (TPSA) is 49.4 Å². The van der Waals surface area contributed by atoms with Gasteiger partial charge in [-0.05, 0) is 32.9 Å². The van der Waals surface area contributed by atoms with E-state index in [9.17, 15) is 8.42 Å². The van der Waals surface area contributed by atoms with E-state index in [0.717, 1.165) is 35.4 Å². The van der Waals surface area contributed by atoms with Crippen molar-refractivity contribution in [3.05, 3.63) is 15.8 Å². The molecule has 19 heavy (non-hydrogen) atoms. The van der Waals surface area contributed by atoms with Gasteiger partial charge in [-0.25, -0.2) is 8.42 Å². The molecular formula is C13H22N2O2S2. The summed E-state index contributed by atoms with van der Waals surface area (Å²) in [5.74, 6) is 0. The van der Waals surface area contributed by atoms with Crippen molar-refractivity contribution in [1.29, 1.82) is 0 Å². The van der Waals surface area contributed by atoms with Crippen LogP contribution in [0.5, 0.6) is 0 Å². The predicted molar refractivity (Wildman–Crippen MR) is 79.0 cm³/mol. The van der Waals surface area contributed by atoms with Gasteiger partial charge in [0, 0.05) is 29.4 Å².